The Bertz CT molecular complexity index is 653. The average molecular weight is 324 g/mol. The number of piperidine rings is 1. The first-order chi connectivity index (χ1) is 11.5. The first-order valence-corrected chi connectivity index (χ1v) is 8.84. The smallest absolute Gasteiger partial charge is 0.112 e. The van der Waals surface area contributed by atoms with Gasteiger partial charge in [-0.15, -0.1) is 0 Å². The third-order valence-corrected chi connectivity index (χ3v) is 5.10. The Balaban J connectivity index is 1.81. The first kappa shape index (κ1) is 16.8. The number of benzene rings is 2. The molecule has 0 aromatic heterocycles. The SMILES string of the molecule is CN(C)c1ccc(C(C)(O)c2ccc(N3CCCCC3)cc2)cc1. The van der Waals surface area contributed by atoms with Crippen molar-refractivity contribution in [3.8, 4) is 0 Å². The zero-order valence-electron chi connectivity index (χ0n) is 15.0. The Kier molecular flexibility index (Phi) is 4.81. The summed E-state index contributed by atoms with van der Waals surface area (Å²) in [7, 11) is 4.04. The second-order valence-corrected chi connectivity index (χ2v) is 7.11. The predicted octanol–water partition coefficient (Wildman–Crippen LogP) is 4.00. The van der Waals surface area contributed by atoms with Crippen LogP contribution in [-0.2, 0) is 5.60 Å². The molecule has 128 valence electrons. The molecule has 1 atom stereocenters. The van der Waals surface area contributed by atoms with Gasteiger partial charge in [0.25, 0.3) is 0 Å². The van der Waals surface area contributed by atoms with E-state index in [1.165, 1.54) is 24.9 Å². The molecule has 24 heavy (non-hydrogen) atoms. The number of hydrogen-bond donors (Lipinski definition) is 1. The van der Waals surface area contributed by atoms with Crippen molar-refractivity contribution in [3.63, 3.8) is 0 Å². The fourth-order valence-corrected chi connectivity index (χ4v) is 3.40. The van der Waals surface area contributed by atoms with Crippen LogP contribution < -0.4 is 9.80 Å². The maximum absolute atomic E-state index is 11.1. The second kappa shape index (κ2) is 6.86. The van der Waals surface area contributed by atoms with Crippen molar-refractivity contribution in [2.45, 2.75) is 31.8 Å². The van der Waals surface area contributed by atoms with Crippen LogP contribution in [0, 0.1) is 0 Å². The number of rotatable bonds is 4. The van der Waals surface area contributed by atoms with Crippen molar-refractivity contribution < 1.29 is 5.11 Å². The van der Waals surface area contributed by atoms with Gasteiger partial charge in [-0.3, -0.25) is 0 Å². The Morgan fingerprint density at radius 3 is 1.83 bits per heavy atom. The zero-order chi connectivity index (χ0) is 17.2. The molecule has 1 N–H and O–H groups in total. The van der Waals surface area contributed by atoms with Crippen LogP contribution in [0.3, 0.4) is 0 Å². The Hall–Kier alpha value is -2.00. The van der Waals surface area contributed by atoms with Crippen molar-refractivity contribution in [3.05, 3.63) is 59.7 Å². The molecular weight excluding hydrogens is 296 g/mol. The minimum Gasteiger partial charge on any atom is -0.381 e. The van der Waals surface area contributed by atoms with E-state index in [9.17, 15) is 5.11 Å². The van der Waals surface area contributed by atoms with Crippen LogP contribution in [0.4, 0.5) is 11.4 Å². The van der Waals surface area contributed by atoms with E-state index in [4.69, 9.17) is 0 Å². The summed E-state index contributed by atoms with van der Waals surface area (Å²) in [4.78, 5) is 4.50. The van der Waals surface area contributed by atoms with Crippen LogP contribution >= 0.6 is 0 Å². The van der Waals surface area contributed by atoms with Gasteiger partial charge in [0.15, 0.2) is 0 Å². The molecule has 3 nitrogen and oxygen atoms in total. The van der Waals surface area contributed by atoms with E-state index in [-0.39, 0.29) is 0 Å². The number of hydrogen-bond acceptors (Lipinski definition) is 3. The molecular formula is C21H28N2O. The zero-order valence-corrected chi connectivity index (χ0v) is 15.0. The number of nitrogens with zero attached hydrogens (tertiary/aromatic N) is 2. The summed E-state index contributed by atoms with van der Waals surface area (Å²) in [5.41, 5.74) is 3.26. The summed E-state index contributed by atoms with van der Waals surface area (Å²) < 4.78 is 0. The second-order valence-electron chi connectivity index (χ2n) is 7.11. The van der Waals surface area contributed by atoms with Gasteiger partial charge in [-0.2, -0.15) is 0 Å². The molecule has 0 radical (unpaired) electrons. The van der Waals surface area contributed by atoms with Crippen molar-refractivity contribution in [2.75, 3.05) is 37.0 Å². The molecule has 3 rings (SSSR count). The van der Waals surface area contributed by atoms with E-state index in [2.05, 4.69) is 34.1 Å². The maximum Gasteiger partial charge on any atom is 0.112 e. The third kappa shape index (κ3) is 3.41. The third-order valence-electron chi connectivity index (χ3n) is 5.10. The summed E-state index contributed by atoms with van der Waals surface area (Å²) in [6, 6.07) is 16.5. The molecule has 0 saturated carbocycles. The van der Waals surface area contributed by atoms with E-state index < -0.39 is 5.60 Å². The van der Waals surface area contributed by atoms with Crippen molar-refractivity contribution in [1.82, 2.24) is 0 Å². The van der Waals surface area contributed by atoms with Gasteiger partial charge in [0, 0.05) is 38.6 Å². The molecule has 2 aromatic rings. The highest BCUT2D eigenvalue weighted by Gasteiger charge is 2.25. The van der Waals surface area contributed by atoms with Crippen LogP contribution in [0.2, 0.25) is 0 Å². The van der Waals surface area contributed by atoms with Gasteiger partial charge in [-0.25, -0.2) is 0 Å². The largest absolute Gasteiger partial charge is 0.381 e. The van der Waals surface area contributed by atoms with Crippen LogP contribution in [0.1, 0.15) is 37.3 Å². The fourth-order valence-electron chi connectivity index (χ4n) is 3.40. The molecule has 2 aromatic carbocycles. The Morgan fingerprint density at radius 2 is 1.33 bits per heavy atom. The molecule has 3 heteroatoms. The lowest BCUT2D eigenvalue weighted by Gasteiger charge is -2.30. The molecule has 0 amide bonds. The minimum absolute atomic E-state index is 0.916. The normalized spacial score (nSPS) is 17.4. The lowest BCUT2D eigenvalue weighted by Crippen LogP contribution is -2.29. The van der Waals surface area contributed by atoms with Crippen LogP contribution in [-0.4, -0.2) is 32.3 Å². The molecule has 0 spiro atoms. The highest BCUT2D eigenvalue weighted by atomic mass is 16.3. The van der Waals surface area contributed by atoms with Gasteiger partial charge in [0.2, 0.25) is 0 Å². The van der Waals surface area contributed by atoms with Gasteiger partial charge in [-0.1, -0.05) is 24.3 Å². The van der Waals surface area contributed by atoms with Crippen LogP contribution in [0.5, 0.6) is 0 Å². The van der Waals surface area contributed by atoms with Gasteiger partial charge in [-0.05, 0) is 61.6 Å². The predicted molar refractivity (Wildman–Crippen MR) is 102 cm³/mol. The fraction of sp³-hybridized carbons (Fsp3) is 0.429. The van der Waals surface area contributed by atoms with E-state index in [0.29, 0.717) is 0 Å². The Morgan fingerprint density at radius 1 is 0.833 bits per heavy atom. The molecule has 1 aliphatic rings. The minimum atomic E-state index is -0.981. The highest BCUT2D eigenvalue weighted by Crippen LogP contribution is 2.32. The van der Waals surface area contributed by atoms with Crippen LogP contribution in [0.15, 0.2) is 48.5 Å². The molecule has 0 bridgehead atoms. The molecule has 1 saturated heterocycles. The van der Waals surface area contributed by atoms with Crippen molar-refractivity contribution >= 4 is 11.4 Å². The topological polar surface area (TPSA) is 26.7 Å². The van der Waals surface area contributed by atoms with E-state index in [1.807, 2.05) is 45.3 Å². The maximum atomic E-state index is 11.1. The van der Waals surface area contributed by atoms with E-state index in [1.54, 1.807) is 0 Å². The highest BCUT2D eigenvalue weighted by molar-refractivity contribution is 5.52. The lowest BCUT2D eigenvalue weighted by atomic mass is 9.88. The van der Waals surface area contributed by atoms with E-state index in [0.717, 1.165) is 29.9 Å². The van der Waals surface area contributed by atoms with Crippen molar-refractivity contribution in [2.24, 2.45) is 0 Å². The summed E-state index contributed by atoms with van der Waals surface area (Å²) in [6.45, 7) is 4.15. The molecule has 1 unspecified atom stereocenters. The summed E-state index contributed by atoms with van der Waals surface area (Å²) >= 11 is 0. The van der Waals surface area contributed by atoms with Gasteiger partial charge in [0.1, 0.15) is 5.60 Å². The monoisotopic (exact) mass is 324 g/mol. The summed E-state index contributed by atoms with van der Waals surface area (Å²) in [6.07, 6.45) is 3.89. The van der Waals surface area contributed by atoms with Gasteiger partial charge in [0.05, 0.1) is 0 Å². The van der Waals surface area contributed by atoms with Crippen molar-refractivity contribution in [1.29, 1.82) is 0 Å². The molecule has 1 fully saturated rings. The van der Waals surface area contributed by atoms with Gasteiger partial charge < -0.3 is 14.9 Å². The summed E-state index contributed by atoms with van der Waals surface area (Å²) in [5, 5.41) is 11.1. The molecule has 0 aliphatic carbocycles. The molecule has 1 heterocycles. The van der Waals surface area contributed by atoms with Gasteiger partial charge >= 0.3 is 0 Å². The average Bonchev–Trinajstić information content (AvgIpc) is 2.62. The lowest BCUT2D eigenvalue weighted by molar-refractivity contribution is 0.102. The number of aliphatic hydroxyl groups is 1. The number of anilines is 2. The first-order valence-electron chi connectivity index (χ1n) is 8.84. The summed E-state index contributed by atoms with van der Waals surface area (Å²) in [5.74, 6) is 0. The standard InChI is InChI=1S/C21H28N2O/c1-21(24,17-7-11-19(12-8-17)22(2)3)18-9-13-20(14-10-18)23-15-5-4-6-16-23/h7-14,24H,4-6,15-16H2,1-3H3. The van der Waals surface area contributed by atoms with Crippen LogP contribution in [0.25, 0.3) is 0 Å². The quantitative estimate of drug-likeness (QED) is 0.921. The van der Waals surface area contributed by atoms with E-state index >= 15 is 0 Å². The Labute approximate surface area is 145 Å². The molecule has 1 aliphatic heterocycles.